The minimum absolute atomic E-state index is 0.0170. The molecule has 31 heavy (non-hydrogen) atoms. The highest BCUT2D eigenvalue weighted by Gasteiger charge is 2.17. The number of carbonyl (C=O) groups excluding carboxylic acids is 3. The number of benzene rings is 2. The maximum atomic E-state index is 12.8. The highest BCUT2D eigenvalue weighted by molar-refractivity contribution is 5.98. The molecule has 0 saturated carbocycles. The van der Waals surface area contributed by atoms with Crippen LogP contribution in [0.3, 0.4) is 0 Å². The largest absolute Gasteiger partial charge is 0.376 e. The molecule has 0 aliphatic carbocycles. The van der Waals surface area contributed by atoms with Crippen molar-refractivity contribution in [2.75, 3.05) is 36.8 Å². The smallest absolute Gasteiger partial charge is 0.253 e. The molecule has 0 radical (unpaired) electrons. The van der Waals surface area contributed by atoms with Crippen molar-refractivity contribution in [3.8, 4) is 0 Å². The van der Waals surface area contributed by atoms with Crippen LogP contribution in [-0.4, -0.2) is 48.8 Å². The fraction of sp³-hybridized carbons (Fsp3) is 0.375. The molecule has 7 heteroatoms. The third-order valence-electron chi connectivity index (χ3n) is 5.22. The van der Waals surface area contributed by atoms with Gasteiger partial charge in [-0.2, -0.15) is 0 Å². The zero-order valence-electron chi connectivity index (χ0n) is 17.9. The average molecular weight is 423 g/mol. The number of likely N-dealkylation sites (tertiary alicyclic amines) is 1. The molecule has 3 amide bonds. The fourth-order valence-corrected chi connectivity index (χ4v) is 3.58. The second kappa shape index (κ2) is 11.2. The van der Waals surface area contributed by atoms with Crippen LogP contribution < -0.4 is 16.0 Å². The van der Waals surface area contributed by atoms with Gasteiger partial charge in [0.15, 0.2) is 0 Å². The topological polar surface area (TPSA) is 90.5 Å². The van der Waals surface area contributed by atoms with Crippen LogP contribution in [0.25, 0.3) is 0 Å². The molecule has 7 nitrogen and oxygen atoms in total. The molecule has 0 spiro atoms. The molecule has 3 rings (SSSR count). The Hall–Kier alpha value is -3.35. The molecule has 164 valence electrons. The molecule has 1 saturated heterocycles. The summed E-state index contributed by atoms with van der Waals surface area (Å²) in [4.78, 5) is 38.8. The van der Waals surface area contributed by atoms with Crippen LogP contribution in [0.2, 0.25) is 0 Å². The molecule has 0 unspecified atom stereocenters. The number of anilines is 2. The number of nitrogens with zero attached hydrogens (tertiary/aromatic N) is 1. The van der Waals surface area contributed by atoms with Crippen molar-refractivity contribution in [2.24, 2.45) is 0 Å². The first kappa shape index (κ1) is 22.3. The highest BCUT2D eigenvalue weighted by atomic mass is 16.2. The first-order valence-electron chi connectivity index (χ1n) is 10.9. The first-order valence-corrected chi connectivity index (χ1v) is 10.9. The molecular weight excluding hydrogens is 392 g/mol. The normalized spacial score (nSPS) is 13.8. The van der Waals surface area contributed by atoms with Crippen molar-refractivity contribution in [2.45, 2.75) is 32.6 Å². The third-order valence-corrected chi connectivity index (χ3v) is 5.22. The Morgan fingerprint density at radius 3 is 2.26 bits per heavy atom. The Bertz CT molecular complexity index is 903. The predicted octanol–water partition coefficient (Wildman–Crippen LogP) is 3.50. The van der Waals surface area contributed by atoms with Crippen molar-refractivity contribution in [1.82, 2.24) is 10.2 Å². The summed E-state index contributed by atoms with van der Waals surface area (Å²) in [6.45, 7) is 4.10. The van der Waals surface area contributed by atoms with Gasteiger partial charge >= 0.3 is 0 Å². The van der Waals surface area contributed by atoms with E-state index in [1.807, 2.05) is 11.8 Å². The van der Waals surface area contributed by atoms with Crippen LogP contribution in [0.4, 0.5) is 11.4 Å². The summed E-state index contributed by atoms with van der Waals surface area (Å²) >= 11 is 0. The standard InChI is InChI=1S/C24H30N4O3/c1-2-25-23(30)18-10-12-20(13-11-18)26-17-22(29)27-21-9-7-8-19(16-21)24(31)28-14-5-3-4-6-15-28/h7-13,16,26H,2-6,14-15,17H2,1H3,(H,25,30)(H,27,29). The molecule has 1 aliphatic rings. The van der Waals surface area contributed by atoms with Gasteiger partial charge in [-0.25, -0.2) is 0 Å². The van der Waals surface area contributed by atoms with Crippen molar-refractivity contribution >= 4 is 29.1 Å². The van der Waals surface area contributed by atoms with E-state index in [2.05, 4.69) is 16.0 Å². The van der Waals surface area contributed by atoms with Crippen molar-refractivity contribution in [3.05, 3.63) is 59.7 Å². The van der Waals surface area contributed by atoms with Gasteiger partial charge in [0.1, 0.15) is 0 Å². The Kier molecular flexibility index (Phi) is 8.04. The maximum absolute atomic E-state index is 12.8. The summed E-state index contributed by atoms with van der Waals surface area (Å²) in [5, 5.41) is 8.62. The first-order chi connectivity index (χ1) is 15.1. The number of hydrogen-bond donors (Lipinski definition) is 3. The van der Waals surface area contributed by atoms with Crippen molar-refractivity contribution in [1.29, 1.82) is 0 Å². The molecule has 0 bridgehead atoms. The van der Waals surface area contributed by atoms with Gasteiger partial charge in [0.05, 0.1) is 6.54 Å². The molecule has 0 atom stereocenters. The van der Waals surface area contributed by atoms with Gasteiger partial charge in [0.25, 0.3) is 11.8 Å². The van der Waals surface area contributed by atoms with Crippen LogP contribution >= 0.6 is 0 Å². The van der Waals surface area contributed by atoms with Crippen molar-refractivity contribution in [3.63, 3.8) is 0 Å². The quantitative estimate of drug-likeness (QED) is 0.637. The van der Waals surface area contributed by atoms with Gasteiger partial charge < -0.3 is 20.9 Å². The molecule has 1 heterocycles. The van der Waals surface area contributed by atoms with Gasteiger partial charge in [-0.1, -0.05) is 18.9 Å². The van der Waals surface area contributed by atoms with E-state index in [0.29, 0.717) is 23.4 Å². The zero-order chi connectivity index (χ0) is 22.1. The van der Waals surface area contributed by atoms with E-state index in [1.165, 1.54) is 12.8 Å². The van der Waals surface area contributed by atoms with E-state index in [1.54, 1.807) is 48.5 Å². The van der Waals surface area contributed by atoms with Gasteiger partial charge in [-0.15, -0.1) is 0 Å². The third kappa shape index (κ3) is 6.57. The monoisotopic (exact) mass is 422 g/mol. The molecule has 3 N–H and O–H groups in total. The summed E-state index contributed by atoms with van der Waals surface area (Å²) < 4.78 is 0. The van der Waals surface area contributed by atoms with Crippen molar-refractivity contribution < 1.29 is 14.4 Å². The Morgan fingerprint density at radius 1 is 0.871 bits per heavy atom. The van der Waals surface area contributed by atoms with E-state index in [4.69, 9.17) is 0 Å². The number of carbonyl (C=O) groups is 3. The van der Waals surface area contributed by atoms with Crippen LogP contribution in [0.5, 0.6) is 0 Å². The minimum atomic E-state index is -0.216. The van der Waals surface area contributed by atoms with Crippen LogP contribution in [0, 0.1) is 0 Å². The van der Waals surface area contributed by atoms with E-state index in [-0.39, 0.29) is 24.3 Å². The predicted molar refractivity (Wildman–Crippen MR) is 122 cm³/mol. The second-order valence-electron chi connectivity index (χ2n) is 7.63. The number of hydrogen-bond acceptors (Lipinski definition) is 4. The van der Waals surface area contributed by atoms with Gasteiger partial charge in [0.2, 0.25) is 5.91 Å². The van der Waals surface area contributed by atoms with E-state index >= 15 is 0 Å². The summed E-state index contributed by atoms with van der Waals surface area (Å²) in [6, 6.07) is 14.0. The molecule has 1 fully saturated rings. The van der Waals surface area contributed by atoms with Gasteiger partial charge in [-0.3, -0.25) is 14.4 Å². The zero-order valence-corrected chi connectivity index (χ0v) is 17.9. The Balaban J connectivity index is 1.53. The summed E-state index contributed by atoms with van der Waals surface area (Å²) in [7, 11) is 0. The van der Waals surface area contributed by atoms with Crippen LogP contribution in [0.15, 0.2) is 48.5 Å². The SMILES string of the molecule is CCNC(=O)c1ccc(NCC(=O)Nc2cccc(C(=O)N3CCCCCC3)c2)cc1. The fourth-order valence-electron chi connectivity index (χ4n) is 3.58. The van der Waals surface area contributed by atoms with Gasteiger partial charge in [0, 0.05) is 42.1 Å². The van der Waals surface area contributed by atoms with Crippen LogP contribution in [0.1, 0.15) is 53.3 Å². The minimum Gasteiger partial charge on any atom is -0.376 e. The lowest BCUT2D eigenvalue weighted by atomic mass is 10.1. The average Bonchev–Trinajstić information content (AvgIpc) is 3.07. The molecular formula is C24H30N4O3. The Morgan fingerprint density at radius 2 is 1.58 bits per heavy atom. The molecule has 2 aromatic carbocycles. The molecule has 2 aromatic rings. The number of amides is 3. The lowest BCUT2D eigenvalue weighted by Crippen LogP contribution is -2.31. The maximum Gasteiger partial charge on any atom is 0.253 e. The Labute approximate surface area is 183 Å². The molecule has 0 aromatic heterocycles. The van der Waals surface area contributed by atoms with E-state index < -0.39 is 0 Å². The lowest BCUT2D eigenvalue weighted by molar-refractivity contribution is -0.114. The number of rotatable bonds is 7. The highest BCUT2D eigenvalue weighted by Crippen LogP contribution is 2.17. The lowest BCUT2D eigenvalue weighted by Gasteiger charge is -2.20. The molecule has 1 aliphatic heterocycles. The summed E-state index contributed by atoms with van der Waals surface area (Å²) in [6.07, 6.45) is 4.42. The van der Waals surface area contributed by atoms with Crippen LogP contribution in [-0.2, 0) is 4.79 Å². The van der Waals surface area contributed by atoms with E-state index in [0.717, 1.165) is 31.6 Å². The second-order valence-corrected chi connectivity index (χ2v) is 7.63. The number of nitrogens with one attached hydrogen (secondary N) is 3. The summed E-state index contributed by atoms with van der Waals surface area (Å²) in [5.74, 6) is -0.322. The van der Waals surface area contributed by atoms with E-state index in [9.17, 15) is 14.4 Å². The summed E-state index contributed by atoms with van der Waals surface area (Å²) in [5.41, 5.74) is 2.50. The van der Waals surface area contributed by atoms with Gasteiger partial charge in [-0.05, 0) is 62.2 Å².